The van der Waals surface area contributed by atoms with E-state index in [1.54, 1.807) is 0 Å². The third-order valence-electron chi connectivity index (χ3n) is 3.49. The Hall–Kier alpha value is -2.26. The van der Waals surface area contributed by atoms with Crippen LogP contribution in [0.4, 0.5) is 13.2 Å². The van der Waals surface area contributed by atoms with Crippen molar-refractivity contribution in [3.63, 3.8) is 0 Å². The van der Waals surface area contributed by atoms with Crippen molar-refractivity contribution in [1.29, 1.82) is 0 Å². The van der Waals surface area contributed by atoms with Gasteiger partial charge in [-0.25, -0.2) is 12.7 Å². The molecule has 0 N–H and O–H groups in total. The van der Waals surface area contributed by atoms with Gasteiger partial charge in [-0.2, -0.15) is 13.2 Å². The summed E-state index contributed by atoms with van der Waals surface area (Å²) in [7, 11) is -3.98. The first-order valence-electron chi connectivity index (χ1n) is 6.94. The Morgan fingerprint density at radius 2 is 1.96 bits per heavy atom. The van der Waals surface area contributed by atoms with E-state index >= 15 is 0 Å². The molecule has 0 saturated heterocycles. The van der Waals surface area contributed by atoms with Gasteiger partial charge in [0.15, 0.2) is 0 Å². The molecule has 1 atom stereocenters. The Balaban J connectivity index is 2.05. The zero-order chi connectivity index (χ0) is 18.0. The van der Waals surface area contributed by atoms with Crippen molar-refractivity contribution >= 4 is 15.9 Å². The van der Waals surface area contributed by atoms with Crippen molar-refractivity contribution in [2.45, 2.75) is 36.4 Å². The van der Waals surface area contributed by atoms with Gasteiger partial charge in [0.25, 0.3) is 15.9 Å². The lowest BCUT2D eigenvalue weighted by Crippen LogP contribution is -2.31. The molecular weight excluding hydrogens is 349 g/mol. The highest BCUT2D eigenvalue weighted by molar-refractivity contribution is 7.90. The van der Waals surface area contributed by atoms with Crippen LogP contribution in [0, 0.1) is 0 Å². The number of azide groups is 1. The number of nitrogens with zero attached hydrogens (tertiary/aromatic N) is 4. The summed E-state index contributed by atoms with van der Waals surface area (Å²) in [6, 6.07) is 4.35. The van der Waals surface area contributed by atoms with Crippen LogP contribution in [-0.2, 0) is 10.0 Å². The highest BCUT2D eigenvalue weighted by Crippen LogP contribution is 2.31. The fraction of sp³-hybridized carbons (Fsp3) is 0.462. The molecule has 1 aromatic rings. The smallest absolute Gasteiger partial charge is 0.268 e. The predicted molar refractivity (Wildman–Crippen MR) is 77.5 cm³/mol. The molecule has 2 rings (SSSR count). The van der Waals surface area contributed by atoms with Gasteiger partial charge < -0.3 is 0 Å². The Morgan fingerprint density at radius 3 is 2.54 bits per heavy atom. The molecule has 0 aromatic heterocycles. The van der Waals surface area contributed by atoms with E-state index in [9.17, 15) is 26.4 Å². The standard InChI is InChI=1S/C13H13F3N4O3S/c14-13(15,16)8-9(18-19-17)4-3-7-20-12(21)10-5-1-2-6-11(10)24(20,22)23/h1-2,5-6,9H,3-4,7-8H2. The number of alkyl halides is 3. The van der Waals surface area contributed by atoms with E-state index in [1.807, 2.05) is 0 Å². The molecule has 0 spiro atoms. The second-order valence-corrected chi connectivity index (χ2v) is 7.03. The van der Waals surface area contributed by atoms with E-state index < -0.39 is 34.6 Å². The van der Waals surface area contributed by atoms with Crippen LogP contribution in [0.5, 0.6) is 0 Å². The van der Waals surface area contributed by atoms with Crippen LogP contribution in [0.3, 0.4) is 0 Å². The van der Waals surface area contributed by atoms with Crippen LogP contribution >= 0.6 is 0 Å². The van der Waals surface area contributed by atoms with Crippen LogP contribution in [0.25, 0.3) is 10.4 Å². The fourth-order valence-corrected chi connectivity index (χ4v) is 4.07. The van der Waals surface area contributed by atoms with Crippen LogP contribution < -0.4 is 0 Å². The normalized spacial score (nSPS) is 17.3. The average molecular weight is 362 g/mol. The molecule has 0 radical (unpaired) electrons. The zero-order valence-electron chi connectivity index (χ0n) is 12.3. The molecule has 130 valence electrons. The van der Waals surface area contributed by atoms with E-state index in [4.69, 9.17) is 5.53 Å². The molecule has 0 bridgehead atoms. The number of carbonyl (C=O) groups excluding carboxylic acids is 1. The van der Waals surface area contributed by atoms with Crippen LogP contribution in [0.15, 0.2) is 34.3 Å². The molecule has 1 amide bonds. The van der Waals surface area contributed by atoms with E-state index in [2.05, 4.69) is 10.0 Å². The van der Waals surface area contributed by atoms with E-state index in [1.165, 1.54) is 24.3 Å². The van der Waals surface area contributed by atoms with Crippen molar-refractivity contribution in [1.82, 2.24) is 4.31 Å². The topological polar surface area (TPSA) is 103 Å². The second kappa shape index (κ2) is 6.70. The van der Waals surface area contributed by atoms with Crippen molar-refractivity contribution in [3.8, 4) is 0 Å². The number of halogens is 3. The SMILES string of the molecule is [N-]=[N+]=NC(CCCN1C(=O)c2ccccc2S1(=O)=O)CC(F)(F)F. The summed E-state index contributed by atoms with van der Waals surface area (Å²) >= 11 is 0. The molecule has 1 aliphatic rings. The first kappa shape index (κ1) is 18.1. The van der Waals surface area contributed by atoms with Gasteiger partial charge in [-0.15, -0.1) is 0 Å². The fourth-order valence-electron chi connectivity index (χ4n) is 2.46. The number of hydrogen-bond acceptors (Lipinski definition) is 4. The molecule has 1 aromatic carbocycles. The minimum atomic E-state index is -4.50. The third-order valence-corrected chi connectivity index (χ3v) is 5.33. The summed E-state index contributed by atoms with van der Waals surface area (Å²) in [5.74, 6) is -0.707. The molecule has 1 unspecified atom stereocenters. The Labute approximate surface area is 135 Å². The van der Waals surface area contributed by atoms with Crippen molar-refractivity contribution < 1.29 is 26.4 Å². The minimum absolute atomic E-state index is 0.0411. The number of hydrogen-bond donors (Lipinski definition) is 0. The monoisotopic (exact) mass is 362 g/mol. The first-order chi connectivity index (χ1) is 11.2. The molecule has 0 aliphatic carbocycles. The van der Waals surface area contributed by atoms with Gasteiger partial charge >= 0.3 is 6.18 Å². The molecule has 0 saturated carbocycles. The number of amides is 1. The highest BCUT2D eigenvalue weighted by atomic mass is 32.2. The van der Waals surface area contributed by atoms with Crippen molar-refractivity contribution in [2.24, 2.45) is 5.11 Å². The van der Waals surface area contributed by atoms with E-state index in [-0.39, 0.29) is 29.8 Å². The minimum Gasteiger partial charge on any atom is -0.268 e. The Bertz CT molecular complexity index is 788. The largest absolute Gasteiger partial charge is 0.389 e. The first-order valence-corrected chi connectivity index (χ1v) is 8.38. The van der Waals surface area contributed by atoms with E-state index in [0.717, 1.165) is 0 Å². The maximum atomic E-state index is 12.4. The van der Waals surface area contributed by atoms with Crippen molar-refractivity contribution in [2.75, 3.05) is 6.54 Å². The molecule has 1 heterocycles. The maximum absolute atomic E-state index is 12.4. The van der Waals surface area contributed by atoms with Crippen LogP contribution in [-0.4, -0.2) is 37.4 Å². The highest BCUT2D eigenvalue weighted by Gasteiger charge is 2.40. The lowest BCUT2D eigenvalue weighted by Gasteiger charge is -2.17. The number of sulfonamides is 1. The predicted octanol–water partition coefficient (Wildman–Crippen LogP) is 3.24. The molecule has 1 aliphatic heterocycles. The van der Waals surface area contributed by atoms with Gasteiger partial charge in [0.1, 0.15) is 4.90 Å². The van der Waals surface area contributed by atoms with Gasteiger partial charge in [-0.1, -0.05) is 17.2 Å². The Morgan fingerprint density at radius 1 is 1.29 bits per heavy atom. The Kier molecular flexibility index (Phi) is 5.05. The summed E-state index contributed by atoms with van der Waals surface area (Å²) < 4.78 is 62.3. The molecule has 0 fully saturated rings. The summed E-state index contributed by atoms with van der Waals surface area (Å²) in [6.45, 7) is -0.273. The van der Waals surface area contributed by atoms with Gasteiger partial charge in [0, 0.05) is 17.5 Å². The number of fused-ring (bicyclic) bond motifs is 1. The molecule has 7 nitrogen and oxygen atoms in total. The quantitative estimate of drug-likeness (QED) is 0.441. The summed E-state index contributed by atoms with van der Waals surface area (Å²) in [6.07, 6.45) is -6.01. The van der Waals surface area contributed by atoms with E-state index in [0.29, 0.717) is 4.31 Å². The van der Waals surface area contributed by atoms with Crippen molar-refractivity contribution in [3.05, 3.63) is 40.3 Å². The average Bonchev–Trinajstić information content (AvgIpc) is 2.67. The summed E-state index contributed by atoms with van der Waals surface area (Å²) in [5.41, 5.74) is 8.36. The lowest BCUT2D eigenvalue weighted by atomic mass is 10.1. The van der Waals surface area contributed by atoms with Crippen LogP contribution in [0.2, 0.25) is 0 Å². The van der Waals surface area contributed by atoms with Crippen LogP contribution in [0.1, 0.15) is 29.6 Å². The van der Waals surface area contributed by atoms with Gasteiger partial charge in [-0.05, 0) is 30.5 Å². The van der Waals surface area contributed by atoms with Gasteiger partial charge in [0.05, 0.1) is 12.0 Å². The van der Waals surface area contributed by atoms with Gasteiger partial charge in [-0.3, -0.25) is 4.79 Å². The zero-order valence-corrected chi connectivity index (χ0v) is 13.1. The number of benzene rings is 1. The number of rotatable bonds is 6. The number of carbonyl (C=O) groups is 1. The second-order valence-electron chi connectivity index (χ2n) is 5.20. The molecule has 24 heavy (non-hydrogen) atoms. The molecule has 11 heteroatoms. The summed E-state index contributed by atoms with van der Waals surface area (Å²) in [4.78, 5) is 14.4. The lowest BCUT2D eigenvalue weighted by molar-refractivity contribution is -0.138. The maximum Gasteiger partial charge on any atom is 0.389 e. The van der Waals surface area contributed by atoms with Gasteiger partial charge in [0.2, 0.25) is 0 Å². The summed E-state index contributed by atoms with van der Waals surface area (Å²) in [5, 5.41) is 3.08. The third kappa shape index (κ3) is 3.80. The molecular formula is C13H13F3N4O3S.